The van der Waals surface area contributed by atoms with Crippen LogP contribution < -0.4 is 0 Å². The summed E-state index contributed by atoms with van der Waals surface area (Å²) < 4.78 is 0. The van der Waals surface area contributed by atoms with Crippen molar-refractivity contribution in [2.24, 2.45) is 11.8 Å². The monoisotopic (exact) mass is 253 g/mol. The molecule has 0 aromatic carbocycles. The summed E-state index contributed by atoms with van der Waals surface area (Å²) in [6.07, 6.45) is 0.297. The quantitative estimate of drug-likeness (QED) is 0.809. The van der Waals surface area contributed by atoms with Gasteiger partial charge in [0.2, 0.25) is 0 Å². The zero-order valence-corrected chi connectivity index (χ0v) is 10.8. The molecule has 0 bridgehead atoms. The molecule has 0 spiro atoms. The SMILES string of the molecule is CCN(CCC#N)C(=O)N1CC(C)C(C(=O)O)C1. The van der Waals surface area contributed by atoms with Gasteiger partial charge < -0.3 is 14.9 Å². The van der Waals surface area contributed by atoms with E-state index in [-0.39, 0.29) is 18.5 Å². The number of rotatable bonds is 4. The Morgan fingerprint density at radius 3 is 2.61 bits per heavy atom. The van der Waals surface area contributed by atoms with Crippen molar-refractivity contribution in [3.8, 4) is 6.07 Å². The molecule has 6 heteroatoms. The molecular weight excluding hydrogens is 234 g/mol. The molecule has 18 heavy (non-hydrogen) atoms. The topological polar surface area (TPSA) is 84.6 Å². The van der Waals surface area contributed by atoms with Gasteiger partial charge in [-0.2, -0.15) is 5.26 Å². The number of carboxylic acid groups (broad SMARTS) is 1. The predicted molar refractivity (Wildman–Crippen MR) is 64.7 cm³/mol. The third-order valence-corrected chi connectivity index (χ3v) is 3.35. The van der Waals surface area contributed by atoms with Crippen molar-refractivity contribution in [2.75, 3.05) is 26.2 Å². The second kappa shape index (κ2) is 6.24. The first-order chi connectivity index (χ1) is 8.51. The summed E-state index contributed by atoms with van der Waals surface area (Å²) in [5, 5.41) is 17.6. The van der Waals surface area contributed by atoms with Crippen LogP contribution in [0.2, 0.25) is 0 Å². The Morgan fingerprint density at radius 1 is 1.50 bits per heavy atom. The first-order valence-corrected chi connectivity index (χ1v) is 6.14. The van der Waals surface area contributed by atoms with Gasteiger partial charge >= 0.3 is 12.0 Å². The molecule has 0 aromatic heterocycles. The molecule has 1 aliphatic heterocycles. The summed E-state index contributed by atoms with van der Waals surface area (Å²) in [6, 6.07) is 1.84. The highest BCUT2D eigenvalue weighted by molar-refractivity contribution is 5.77. The molecule has 1 N–H and O–H groups in total. The summed E-state index contributed by atoms with van der Waals surface area (Å²) in [5.74, 6) is -1.36. The highest BCUT2D eigenvalue weighted by Gasteiger charge is 2.38. The lowest BCUT2D eigenvalue weighted by Gasteiger charge is -2.26. The van der Waals surface area contributed by atoms with Crippen molar-refractivity contribution in [2.45, 2.75) is 20.3 Å². The molecule has 6 nitrogen and oxygen atoms in total. The van der Waals surface area contributed by atoms with Crippen molar-refractivity contribution < 1.29 is 14.7 Å². The molecule has 2 unspecified atom stereocenters. The Morgan fingerprint density at radius 2 is 2.17 bits per heavy atom. The fourth-order valence-corrected chi connectivity index (χ4v) is 2.22. The largest absolute Gasteiger partial charge is 0.481 e. The first-order valence-electron chi connectivity index (χ1n) is 6.14. The van der Waals surface area contributed by atoms with E-state index < -0.39 is 11.9 Å². The van der Waals surface area contributed by atoms with Crippen LogP contribution >= 0.6 is 0 Å². The highest BCUT2D eigenvalue weighted by atomic mass is 16.4. The Balaban J connectivity index is 2.62. The molecule has 1 rings (SSSR count). The molecular formula is C12H19N3O3. The zero-order chi connectivity index (χ0) is 13.7. The molecule has 100 valence electrons. The zero-order valence-electron chi connectivity index (χ0n) is 10.8. The standard InChI is InChI=1S/C12H19N3O3/c1-3-14(6-4-5-13)12(18)15-7-9(2)10(8-15)11(16)17/h9-10H,3-4,6-8H2,1-2H3,(H,16,17). The molecule has 0 saturated carbocycles. The lowest BCUT2D eigenvalue weighted by molar-refractivity contribution is -0.142. The molecule has 0 aliphatic carbocycles. The van der Waals surface area contributed by atoms with E-state index >= 15 is 0 Å². The predicted octanol–water partition coefficient (Wildman–Crippen LogP) is 0.994. The molecule has 2 atom stereocenters. The summed E-state index contributed by atoms with van der Waals surface area (Å²) >= 11 is 0. The van der Waals surface area contributed by atoms with Gasteiger partial charge in [0.1, 0.15) is 0 Å². The number of likely N-dealkylation sites (tertiary alicyclic amines) is 1. The van der Waals surface area contributed by atoms with Gasteiger partial charge in [-0.3, -0.25) is 4.79 Å². The van der Waals surface area contributed by atoms with Crippen LogP contribution in [-0.4, -0.2) is 53.1 Å². The van der Waals surface area contributed by atoms with Gasteiger partial charge in [0.15, 0.2) is 0 Å². The van der Waals surface area contributed by atoms with Crippen LogP contribution in [0.25, 0.3) is 0 Å². The fraction of sp³-hybridized carbons (Fsp3) is 0.750. The van der Waals surface area contributed by atoms with Crippen LogP contribution in [-0.2, 0) is 4.79 Å². The normalized spacial score (nSPS) is 22.6. The van der Waals surface area contributed by atoms with E-state index in [1.807, 2.05) is 19.9 Å². The number of amides is 2. The van der Waals surface area contributed by atoms with E-state index in [1.165, 1.54) is 0 Å². The Bertz CT molecular complexity index is 364. The summed E-state index contributed by atoms with van der Waals surface area (Å²) in [5.41, 5.74) is 0. The Labute approximate surface area is 107 Å². The van der Waals surface area contributed by atoms with Crippen molar-refractivity contribution in [1.29, 1.82) is 5.26 Å². The average Bonchev–Trinajstić information content (AvgIpc) is 2.72. The van der Waals surface area contributed by atoms with E-state index in [4.69, 9.17) is 10.4 Å². The minimum atomic E-state index is -0.849. The molecule has 1 heterocycles. The molecule has 0 aromatic rings. The van der Waals surface area contributed by atoms with Gasteiger partial charge in [0, 0.05) is 26.2 Å². The third-order valence-electron chi connectivity index (χ3n) is 3.35. The smallest absolute Gasteiger partial charge is 0.320 e. The maximum absolute atomic E-state index is 12.1. The second-order valence-corrected chi connectivity index (χ2v) is 4.60. The van der Waals surface area contributed by atoms with E-state index in [9.17, 15) is 9.59 Å². The molecule has 1 fully saturated rings. The first kappa shape index (κ1) is 14.3. The fourth-order valence-electron chi connectivity index (χ4n) is 2.22. The van der Waals surface area contributed by atoms with Crippen LogP contribution in [0.1, 0.15) is 20.3 Å². The number of urea groups is 1. The van der Waals surface area contributed by atoms with Crippen LogP contribution in [0.4, 0.5) is 4.79 Å². The van der Waals surface area contributed by atoms with Crippen molar-refractivity contribution in [1.82, 2.24) is 9.80 Å². The van der Waals surface area contributed by atoms with E-state index in [1.54, 1.807) is 9.80 Å². The van der Waals surface area contributed by atoms with Crippen LogP contribution in [0.15, 0.2) is 0 Å². The van der Waals surface area contributed by atoms with Gasteiger partial charge in [-0.1, -0.05) is 6.92 Å². The third kappa shape index (κ3) is 3.13. The lowest BCUT2D eigenvalue weighted by atomic mass is 9.99. The van der Waals surface area contributed by atoms with Crippen LogP contribution in [0, 0.1) is 23.2 Å². The number of hydrogen-bond donors (Lipinski definition) is 1. The van der Waals surface area contributed by atoms with Crippen molar-refractivity contribution >= 4 is 12.0 Å². The summed E-state index contributed by atoms with van der Waals surface area (Å²) in [7, 11) is 0. The number of aliphatic carboxylic acids is 1. The van der Waals surface area contributed by atoms with Gasteiger partial charge in [-0.05, 0) is 12.8 Å². The van der Waals surface area contributed by atoms with Crippen LogP contribution in [0.5, 0.6) is 0 Å². The minimum Gasteiger partial charge on any atom is -0.481 e. The van der Waals surface area contributed by atoms with Gasteiger partial charge in [0.25, 0.3) is 0 Å². The van der Waals surface area contributed by atoms with Crippen molar-refractivity contribution in [3.05, 3.63) is 0 Å². The maximum atomic E-state index is 12.1. The number of carbonyl (C=O) groups excluding carboxylic acids is 1. The molecule has 2 amide bonds. The van der Waals surface area contributed by atoms with Crippen LogP contribution in [0.3, 0.4) is 0 Å². The minimum absolute atomic E-state index is 0.0267. The average molecular weight is 253 g/mol. The number of nitriles is 1. The number of nitrogens with zero attached hydrogens (tertiary/aromatic N) is 3. The van der Waals surface area contributed by atoms with E-state index in [0.29, 0.717) is 26.1 Å². The van der Waals surface area contributed by atoms with E-state index in [0.717, 1.165) is 0 Å². The maximum Gasteiger partial charge on any atom is 0.320 e. The van der Waals surface area contributed by atoms with Crippen molar-refractivity contribution in [3.63, 3.8) is 0 Å². The Hall–Kier alpha value is -1.77. The Kier molecular flexibility index (Phi) is 4.95. The number of hydrogen-bond acceptors (Lipinski definition) is 3. The summed E-state index contributed by atoms with van der Waals surface area (Å²) in [4.78, 5) is 26.3. The second-order valence-electron chi connectivity index (χ2n) is 4.60. The summed E-state index contributed by atoms with van der Waals surface area (Å²) in [6.45, 7) is 5.36. The molecule has 1 saturated heterocycles. The molecule has 0 radical (unpaired) electrons. The lowest BCUT2D eigenvalue weighted by Crippen LogP contribution is -2.42. The highest BCUT2D eigenvalue weighted by Crippen LogP contribution is 2.24. The number of carboxylic acids is 1. The number of carbonyl (C=O) groups is 2. The van der Waals surface area contributed by atoms with Gasteiger partial charge in [-0.15, -0.1) is 0 Å². The van der Waals surface area contributed by atoms with Gasteiger partial charge in [-0.25, -0.2) is 4.79 Å². The van der Waals surface area contributed by atoms with E-state index in [2.05, 4.69) is 0 Å². The molecule has 1 aliphatic rings. The van der Waals surface area contributed by atoms with Gasteiger partial charge in [0.05, 0.1) is 18.4 Å².